The number of aryl methyl sites for hydroxylation is 1. The Balaban J connectivity index is 1.36. The van der Waals surface area contributed by atoms with Crippen LogP contribution >= 0.6 is 0 Å². The molecule has 0 N–H and O–H groups in total. The molecule has 10 rings (SSSR count). The highest BCUT2D eigenvalue weighted by atomic mass is 19.4. The average molecular weight is 885 g/mol. The van der Waals surface area contributed by atoms with Crippen LogP contribution in [0.2, 0.25) is 0 Å². The highest BCUT2D eigenvalue weighted by Gasteiger charge is 2.34. The maximum Gasteiger partial charge on any atom is 0.417 e. The molecule has 0 amide bonds. The van der Waals surface area contributed by atoms with Crippen molar-refractivity contribution in [1.82, 2.24) is 19.5 Å². The Morgan fingerprint density at radius 2 is 1.06 bits per heavy atom. The lowest BCUT2D eigenvalue weighted by atomic mass is 9.88. The number of halogens is 3. The Bertz CT molecular complexity index is 3690. The summed E-state index contributed by atoms with van der Waals surface area (Å²) in [6.07, 6.45) is -4.61. The normalized spacial score (nSPS) is 11.2. The first kappa shape index (κ1) is 42.3. The molecule has 0 fully saturated rings. The Hall–Kier alpha value is -9.68. The van der Waals surface area contributed by atoms with Crippen molar-refractivity contribution in [3.05, 3.63) is 209 Å². The Morgan fingerprint density at radius 1 is 0.500 bits per heavy atom. The van der Waals surface area contributed by atoms with E-state index in [2.05, 4.69) is 23.1 Å². The molecule has 0 radical (unpaired) electrons. The van der Waals surface area contributed by atoms with Crippen LogP contribution in [-0.2, 0) is 6.18 Å². The van der Waals surface area contributed by atoms with Crippen molar-refractivity contribution in [2.24, 2.45) is 0 Å². The third-order valence-corrected chi connectivity index (χ3v) is 11.9. The standard InChI is InChI=1S/C57H31F3N8/c1-34-17-21-45(50(25-34)57(58,59)60)38-19-24-52-47(28-38)46-15-9-10-16-51(46)68(52)53-48(43-22-18-35(31-61)26-40(43)32-62)29-39(30-49(53)44-23-20-42(64-2)27-41(44)33-63)56-66-54(36-11-5-3-6-12-36)65-55(67-56)37-13-7-4-8-14-37/h3-30H,1H3. The topological polar surface area (TPSA) is 119 Å². The number of hydrogen-bond acceptors (Lipinski definition) is 6. The molecular weight excluding hydrogens is 854 g/mol. The maximum absolute atomic E-state index is 14.6. The molecule has 0 saturated carbocycles. The largest absolute Gasteiger partial charge is 0.417 e. The molecule has 0 unspecified atom stereocenters. The third-order valence-electron chi connectivity index (χ3n) is 11.9. The summed E-state index contributed by atoms with van der Waals surface area (Å²) >= 11 is 0. The number of para-hydroxylation sites is 1. The molecule has 10 aromatic rings. The van der Waals surface area contributed by atoms with Crippen molar-refractivity contribution in [3.63, 3.8) is 0 Å². The molecular formula is C57H31F3N8. The summed E-state index contributed by atoms with van der Waals surface area (Å²) in [5.74, 6) is 1.08. The summed E-state index contributed by atoms with van der Waals surface area (Å²) in [4.78, 5) is 18.6. The molecule has 0 bridgehead atoms. The highest BCUT2D eigenvalue weighted by molar-refractivity contribution is 6.12. The van der Waals surface area contributed by atoms with Crippen LogP contribution in [0.25, 0.3) is 99.9 Å². The number of nitriles is 3. The van der Waals surface area contributed by atoms with Crippen molar-refractivity contribution in [2.75, 3.05) is 0 Å². The number of benzene rings is 8. The molecule has 2 heterocycles. The number of hydrogen-bond donors (Lipinski definition) is 0. The van der Waals surface area contributed by atoms with Gasteiger partial charge in [-0.3, -0.25) is 0 Å². The molecule has 68 heavy (non-hydrogen) atoms. The number of nitrogens with zero attached hydrogens (tertiary/aromatic N) is 8. The minimum atomic E-state index is -4.61. The third kappa shape index (κ3) is 7.53. The monoisotopic (exact) mass is 884 g/mol. The van der Waals surface area contributed by atoms with Gasteiger partial charge in [-0.1, -0.05) is 121 Å². The van der Waals surface area contributed by atoms with Crippen molar-refractivity contribution in [2.45, 2.75) is 13.1 Å². The van der Waals surface area contributed by atoms with Gasteiger partial charge in [-0.25, -0.2) is 19.8 Å². The maximum atomic E-state index is 14.6. The first-order valence-corrected chi connectivity index (χ1v) is 21.2. The van der Waals surface area contributed by atoms with Gasteiger partial charge in [-0.15, -0.1) is 0 Å². The van der Waals surface area contributed by atoms with Crippen molar-refractivity contribution in [3.8, 4) is 91.4 Å². The lowest BCUT2D eigenvalue weighted by Gasteiger charge is -2.22. The molecule has 0 spiro atoms. The zero-order valence-electron chi connectivity index (χ0n) is 35.9. The van der Waals surface area contributed by atoms with Crippen LogP contribution in [0.1, 0.15) is 27.8 Å². The second kappa shape index (κ2) is 17.0. The van der Waals surface area contributed by atoms with E-state index >= 15 is 0 Å². The number of rotatable bonds is 7. The molecule has 8 aromatic carbocycles. The molecule has 11 heteroatoms. The molecule has 2 aromatic heterocycles. The first-order chi connectivity index (χ1) is 33.1. The van der Waals surface area contributed by atoms with Gasteiger partial charge in [0.2, 0.25) is 0 Å². The molecule has 320 valence electrons. The Kier molecular flexibility index (Phi) is 10.6. The molecule has 0 atom stereocenters. The van der Waals surface area contributed by atoms with Gasteiger partial charge in [0.1, 0.15) is 0 Å². The second-order valence-corrected chi connectivity index (χ2v) is 16.0. The van der Waals surface area contributed by atoms with Gasteiger partial charge in [0, 0.05) is 49.7 Å². The van der Waals surface area contributed by atoms with E-state index in [1.807, 2.05) is 102 Å². The van der Waals surface area contributed by atoms with Gasteiger partial charge in [-0.2, -0.15) is 29.0 Å². The lowest BCUT2D eigenvalue weighted by molar-refractivity contribution is -0.137. The number of alkyl halides is 3. The van der Waals surface area contributed by atoms with E-state index in [-0.39, 0.29) is 33.8 Å². The van der Waals surface area contributed by atoms with Gasteiger partial charge in [-0.05, 0) is 78.2 Å². The van der Waals surface area contributed by atoms with Crippen LogP contribution in [-0.4, -0.2) is 19.5 Å². The quantitative estimate of drug-likeness (QED) is 0.147. The van der Waals surface area contributed by atoms with Gasteiger partial charge in [0.05, 0.1) is 58.2 Å². The number of aromatic nitrogens is 4. The predicted molar refractivity (Wildman–Crippen MR) is 257 cm³/mol. The second-order valence-electron chi connectivity index (χ2n) is 16.0. The average Bonchev–Trinajstić information content (AvgIpc) is 3.71. The van der Waals surface area contributed by atoms with E-state index in [1.165, 1.54) is 18.2 Å². The van der Waals surface area contributed by atoms with Crippen LogP contribution < -0.4 is 0 Å². The minimum absolute atomic E-state index is 0.0319. The van der Waals surface area contributed by atoms with Crippen LogP contribution in [0.4, 0.5) is 18.9 Å². The fourth-order valence-electron chi connectivity index (χ4n) is 8.75. The van der Waals surface area contributed by atoms with Crippen molar-refractivity contribution in [1.29, 1.82) is 15.8 Å². The molecule has 0 saturated heterocycles. The summed E-state index contributed by atoms with van der Waals surface area (Å²) in [5.41, 5.74) is 6.66. The Morgan fingerprint density at radius 3 is 1.66 bits per heavy atom. The van der Waals surface area contributed by atoms with Crippen LogP contribution in [0.15, 0.2) is 170 Å². The summed E-state index contributed by atoms with van der Waals surface area (Å²) in [6.45, 7) is 9.42. The number of fused-ring (bicyclic) bond motifs is 3. The smallest absolute Gasteiger partial charge is 0.308 e. The van der Waals surface area contributed by atoms with E-state index in [1.54, 1.807) is 55.5 Å². The van der Waals surface area contributed by atoms with Crippen LogP contribution in [0.5, 0.6) is 0 Å². The van der Waals surface area contributed by atoms with Gasteiger partial charge in [0.15, 0.2) is 23.2 Å². The van der Waals surface area contributed by atoms with E-state index in [9.17, 15) is 29.0 Å². The lowest BCUT2D eigenvalue weighted by Crippen LogP contribution is -2.07. The predicted octanol–water partition coefficient (Wildman–Crippen LogP) is 14.5. The zero-order valence-corrected chi connectivity index (χ0v) is 35.9. The van der Waals surface area contributed by atoms with E-state index in [0.29, 0.717) is 72.7 Å². The summed E-state index contributed by atoms with van der Waals surface area (Å²) in [6, 6.07) is 56.2. The molecule has 0 aliphatic carbocycles. The van der Waals surface area contributed by atoms with Crippen molar-refractivity contribution >= 4 is 27.5 Å². The van der Waals surface area contributed by atoms with Gasteiger partial charge < -0.3 is 4.57 Å². The summed E-state index contributed by atoms with van der Waals surface area (Å²) < 4.78 is 45.8. The summed E-state index contributed by atoms with van der Waals surface area (Å²) in [5, 5.41) is 32.9. The van der Waals surface area contributed by atoms with Gasteiger partial charge >= 0.3 is 6.18 Å². The van der Waals surface area contributed by atoms with E-state index < -0.39 is 11.7 Å². The van der Waals surface area contributed by atoms with E-state index in [4.69, 9.17) is 21.5 Å². The van der Waals surface area contributed by atoms with Crippen molar-refractivity contribution < 1.29 is 13.2 Å². The van der Waals surface area contributed by atoms with Crippen LogP contribution in [0, 0.1) is 47.5 Å². The van der Waals surface area contributed by atoms with Gasteiger partial charge in [0.25, 0.3) is 0 Å². The summed E-state index contributed by atoms with van der Waals surface area (Å²) in [7, 11) is 0. The molecule has 8 nitrogen and oxygen atoms in total. The first-order valence-electron chi connectivity index (χ1n) is 21.2. The highest BCUT2D eigenvalue weighted by Crippen LogP contribution is 2.47. The van der Waals surface area contributed by atoms with E-state index in [0.717, 1.165) is 22.6 Å². The SMILES string of the molecule is [C-]#[N+]c1ccc(-c2cc(-c3nc(-c4ccccc4)nc(-c4ccccc4)n3)cc(-c3ccc(C#N)cc3C#N)c2-n2c3ccccc3c3cc(-c4ccc(C)cc4C(F)(F)F)ccc32)c(C#N)c1. The van der Waals surface area contributed by atoms with Crippen LogP contribution in [0.3, 0.4) is 0 Å². The minimum Gasteiger partial charge on any atom is -0.308 e. The Labute approximate surface area is 388 Å². The fraction of sp³-hybridized carbons (Fsp3) is 0.0351. The fourth-order valence-corrected chi connectivity index (χ4v) is 8.75. The zero-order chi connectivity index (χ0) is 47.1. The molecule has 0 aliphatic heterocycles. The molecule has 0 aliphatic rings.